The van der Waals surface area contributed by atoms with Gasteiger partial charge in [0.05, 0.1) is 12.1 Å². The number of hydrogen-bond acceptors (Lipinski definition) is 2. The van der Waals surface area contributed by atoms with Gasteiger partial charge < -0.3 is 10.3 Å². The fraction of sp³-hybridized carbons (Fsp3) is 0.214. The summed E-state index contributed by atoms with van der Waals surface area (Å²) in [5, 5.41) is 9.80. The molecule has 18 heavy (non-hydrogen) atoms. The Morgan fingerprint density at radius 1 is 1.33 bits per heavy atom. The third-order valence-corrected chi connectivity index (χ3v) is 3.64. The van der Waals surface area contributed by atoms with Crippen LogP contribution in [0.1, 0.15) is 22.4 Å². The minimum Gasteiger partial charge on any atom is -0.384 e. The van der Waals surface area contributed by atoms with Crippen LogP contribution in [0.4, 0.5) is 5.82 Å². The zero-order chi connectivity index (χ0) is 13.3. The molecule has 1 heterocycles. The fourth-order valence-electron chi connectivity index (χ4n) is 2.03. The number of nitriles is 1. The lowest BCUT2D eigenvalue weighted by Crippen LogP contribution is -2.06. The van der Waals surface area contributed by atoms with E-state index in [9.17, 15) is 0 Å². The molecule has 1 aromatic heterocycles. The first kappa shape index (κ1) is 12.5. The summed E-state index contributed by atoms with van der Waals surface area (Å²) < 4.78 is 1.93. The molecule has 3 nitrogen and oxygen atoms in total. The molecule has 2 aromatic rings. The maximum Gasteiger partial charge on any atom is 0.122 e. The van der Waals surface area contributed by atoms with Crippen molar-refractivity contribution in [1.82, 2.24) is 4.57 Å². The summed E-state index contributed by atoms with van der Waals surface area (Å²) in [7, 11) is 0. The summed E-state index contributed by atoms with van der Waals surface area (Å²) in [6, 6.07) is 9.79. The Morgan fingerprint density at radius 3 is 2.56 bits per heavy atom. The molecule has 0 unspecified atom stereocenters. The third-order valence-electron chi connectivity index (χ3n) is 3.27. The molecule has 4 heteroatoms. The smallest absolute Gasteiger partial charge is 0.122 e. The maximum absolute atomic E-state index is 9.09. The van der Waals surface area contributed by atoms with Gasteiger partial charge in [-0.2, -0.15) is 5.26 Å². The lowest BCUT2D eigenvalue weighted by molar-refractivity contribution is 0.784. The van der Waals surface area contributed by atoms with Crippen molar-refractivity contribution in [3.8, 4) is 6.07 Å². The Hall–Kier alpha value is -1.92. The zero-order valence-corrected chi connectivity index (χ0v) is 11.1. The topological polar surface area (TPSA) is 54.7 Å². The number of aromatic nitrogens is 1. The molecule has 0 atom stereocenters. The molecular weight excluding hydrogens is 246 g/mol. The highest BCUT2D eigenvalue weighted by atomic mass is 35.5. The first-order chi connectivity index (χ1) is 8.56. The van der Waals surface area contributed by atoms with Crippen LogP contribution in [0, 0.1) is 25.2 Å². The van der Waals surface area contributed by atoms with E-state index in [1.807, 2.05) is 42.7 Å². The Morgan fingerprint density at radius 2 is 2.00 bits per heavy atom. The minimum absolute atomic E-state index is 0.507. The molecule has 0 saturated carbocycles. The Kier molecular flexibility index (Phi) is 3.31. The second kappa shape index (κ2) is 4.75. The van der Waals surface area contributed by atoms with Crippen molar-refractivity contribution in [2.45, 2.75) is 20.4 Å². The van der Waals surface area contributed by atoms with Crippen molar-refractivity contribution in [2.75, 3.05) is 5.73 Å². The van der Waals surface area contributed by atoms with Crippen molar-refractivity contribution >= 4 is 17.4 Å². The number of nitrogens with two attached hydrogens (primary N) is 1. The van der Waals surface area contributed by atoms with Gasteiger partial charge in [0, 0.05) is 10.7 Å². The van der Waals surface area contributed by atoms with Crippen LogP contribution in [0.5, 0.6) is 0 Å². The molecule has 0 saturated heterocycles. The number of anilines is 1. The van der Waals surface area contributed by atoms with Crippen LogP contribution in [0.15, 0.2) is 24.3 Å². The largest absolute Gasteiger partial charge is 0.384 e. The van der Waals surface area contributed by atoms with Gasteiger partial charge in [0.2, 0.25) is 0 Å². The van der Waals surface area contributed by atoms with Gasteiger partial charge in [-0.3, -0.25) is 0 Å². The number of rotatable bonds is 2. The van der Waals surface area contributed by atoms with Gasteiger partial charge in [0.15, 0.2) is 0 Å². The molecule has 0 bridgehead atoms. The molecule has 0 radical (unpaired) electrons. The van der Waals surface area contributed by atoms with Crippen LogP contribution in [-0.4, -0.2) is 4.57 Å². The average Bonchev–Trinajstić information content (AvgIpc) is 2.56. The average molecular weight is 260 g/mol. The Bertz CT molecular complexity index is 635. The van der Waals surface area contributed by atoms with Gasteiger partial charge in [0.25, 0.3) is 0 Å². The summed E-state index contributed by atoms with van der Waals surface area (Å²) in [5.74, 6) is 0.507. The zero-order valence-electron chi connectivity index (χ0n) is 10.4. The summed E-state index contributed by atoms with van der Waals surface area (Å²) in [4.78, 5) is 0. The van der Waals surface area contributed by atoms with Crippen molar-refractivity contribution in [1.29, 1.82) is 5.26 Å². The molecule has 0 amide bonds. The summed E-state index contributed by atoms with van der Waals surface area (Å²) in [5.41, 5.74) is 9.50. The normalized spacial score (nSPS) is 10.3. The second-order valence-electron chi connectivity index (χ2n) is 4.26. The van der Waals surface area contributed by atoms with Crippen LogP contribution >= 0.6 is 11.6 Å². The quantitative estimate of drug-likeness (QED) is 0.900. The van der Waals surface area contributed by atoms with Crippen molar-refractivity contribution in [2.24, 2.45) is 0 Å². The Balaban J connectivity index is 2.49. The van der Waals surface area contributed by atoms with Crippen LogP contribution in [0.25, 0.3) is 0 Å². The molecule has 2 N–H and O–H groups in total. The molecule has 2 rings (SSSR count). The van der Waals surface area contributed by atoms with Gasteiger partial charge in [-0.05, 0) is 31.0 Å². The van der Waals surface area contributed by atoms with Crippen molar-refractivity contribution in [3.63, 3.8) is 0 Å². The van der Waals surface area contributed by atoms with Crippen LogP contribution in [-0.2, 0) is 6.54 Å². The van der Waals surface area contributed by atoms with Gasteiger partial charge in [-0.15, -0.1) is 0 Å². The highest BCUT2D eigenvalue weighted by molar-refractivity contribution is 6.31. The summed E-state index contributed by atoms with van der Waals surface area (Å²) in [6.45, 7) is 4.45. The SMILES string of the molecule is Cc1c(C#N)c(N)n(Cc2ccccc2Cl)c1C. The first-order valence-corrected chi connectivity index (χ1v) is 6.02. The van der Waals surface area contributed by atoms with Crippen LogP contribution in [0.3, 0.4) is 0 Å². The molecule has 92 valence electrons. The predicted octanol–water partition coefficient (Wildman–Crippen LogP) is 3.26. The summed E-state index contributed by atoms with van der Waals surface area (Å²) >= 11 is 6.14. The van der Waals surface area contributed by atoms with E-state index >= 15 is 0 Å². The number of halogens is 1. The molecule has 0 aliphatic rings. The fourth-order valence-corrected chi connectivity index (χ4v) is 2.23. The molecule has 0 aliphatic carbocycles. The highest BCUT2D eigenvalue weighted by Crippen LogP contribution is 2.26. The first-order valence-electron chi connectivity index (χ1n) is 5.65. The number of nitrogen functional groups attached to an aromatic ring is 1. The van der Waals surface area contributed by atoms with E-state index in [2.05, 4.69) is 6.07 Å². The van der Waals surface area contributed by atoms with Gasteiger partial charge >= 0.3 is 0 Å². The van der Waals surface area contributed by atoms with E-state index in [0.29, 0.717) is 22.9 Å². The van der Waals surface area contributed by atoms with Crippen LogP contribution in [0.2, 0.25) is 5.02 Å². The second-order valence-corrected chi connectivity index (χ2v) is 4.67. The van der Waals surface area contributed by atoms with E-state index in [-0.39, 0.29) is 0 Å². The molecular formula is C14H14ClN3. The minimum atomic E-state index is 0.507. The number of nitrogens with zero attached hydrogens (tertiary/aromatic N) is 2. The summed E-state index contributed by atoms with van der Waals surface area (Å²) in [6.07, 6.45) is 0. The molecule has 0 aliphatic heterocycles. The maximum atomic E-state index is 9.09. The predicted molar refractivity (Wildman–Crippen MR) is 73.6 cm³/mol. The lowest BCUT2D eigenvalue weighted by Gasteiger charge is -2.10. The van der Waals surface area contributed by atoms with Crippen molar-refractivity contribution in [3.05, 3.63) is 51.7 Å². The highest BCUT2D eigenvalue weighted by Gasteiger charge is 2.15. The number of benzene rings is 1. The van der Waals surface area contributed by atoms with Crippen LogP contribution < -0.4 is 5.73 Å². The number of hydrogen-bond donors (Lipinski definition) is 1. The van der Waals surface area contributed by atoms with E-state index in [1.54, 1.807) is 0 Å². The molecule has 0 spiro atoms. The standard InChI is InChI=1S/C14H14ClN3/c1-9-10(2)18(14(17)12(9)7-16)8-11-5-3-4-6-13(11)15/h3-6H,8,17H2,1-2H3. The third kappa shape index (κ3) is 1.96. The monoisotopic (exact) mass is 259 g/mol. The van der Waals surface area contributed by atoms with E-state index in [4.69, 9.17) is 22.6 Å². The molecule has 0 fully saturated rings. The van der Waals surface area contributed by atoms with E-state index in [0.717, 1.165) is 16.8 Å². The molecule has 1 aromatic carbocycles. The lowest BCUT2D eigenvalue weighted by atomic mass is 10.2. The van der Waals surface area contributed by atoms with E-state index < -0.39 is 0 Å². The van der Waals surface area contributed by atoms with Gasteiger partial charge in [-0.25, -0.2) is 0 Å². The van der Waals surface area contributed by atoms with Gasteiger partial charge in [0.1, 0.15) is 11.9 Å². The van der Waals surface area contributed by atoms with Crippen molar-refractivity contribution < 1.29 is 0 Å². The Labute approximate surface area is 111 Å². The van der Waals surface area contributed by atoms with Gasteiger partial charge in [-0.1, -0.05) is 29.8 Å². The van der Waals surface area contributed by atoms with E-state index in [1.165, 1.54) is 0 Å².